The summed E-state index contributed by atoms with van der Waals surface area (Å²) in [6.07, 6.45) is 0. The van der Waals surface area contributed by atoms with Crippen LogP contribution in [0.15, 0.2) is 72.8 Å². The van der Waals surface area contributed by atoms with E-state index in [1.807, 2.05) is 42.5 Å². The van der Waals surface area contributed by atoms with Crippen molar-refractivity contribution in [2.45, 2.75) is 0 Å². The molecule has 3 heteroatoms. The Bertz CT molecular complexity index is 1340. The molecule has 0 saturated carbocycles. The molecule has 0 amide bonds. The van der Waals surface area contributed by atoms with Crippen LogP contribution in [0.4, 0.5) is 0 Å². The van der Waals surface area contributed by atoms with Crippen LogP contribution in [0.25, 0.3) is 42.1 Å². The number of thiophene rings is 1. The fraction of sp³-hybridized carbons (Fsp3) is 0. The lowest BCUT2D eigenvalue weighted by atomic mass is 9.91. The van der Waals surface area contributed by atoms with Crippen molar-refractivity contribution >= 4 is 42.3 Å². The number of nitriles is 1. The van der Waals surface area contributed by atoms with Gasteiger partial charge in [-0.2, -0.15) is 5.26 Å². The highest BCUT2D eigenvalue weighted by Gasteiger charge is 2.19. The lowest BCUT2D eigenvalue weighted by Gasteiger charge is -2.12. The maximum Gasteiger partial charge on any atom is 0.115 e. The van der Waals surface area contributed by atoms with Crippen molar-refractivity contribution in [3.8, 4) is 22.9 Å². The summed E-state index contributed by atoms with van der Waals surface area (Å²) >= 11 is 1.67. The summed E-state index contributed by atoms with van der Waals surface area (Å²) in [4.78, 5) is 0. The Kier molecular flexibility index (Phi) is 3.21. The Morgan fingerprint density at radius 3 is 2.15 bits per heavy atom. The molecule has 0 aliphatic carbocycles. The molecule has 0 aliphatic rings. The third-order valence-corrected chi connectivity index (χ3v) is 5.99. The molecule has 2 nitrogen and oxygen atoms in total. The smallest absolute Gasteiger partial charge is 0.115 e. The number of hydrogen-bond acceptors (Lipinski definition) is 3. The number of nitrogens with zero attached hydrogens (tertiary/aromatic N) is 1. The molecule has 0 atom stereocenters. The Hall–Kier alpha value is -3.35. The summed E-state index contributed by atoms with van der Waals surface area (Å²) < 4.78 is 2.20. The Morgan fingerprint density at radius 2 is 1.42 bits per heavy atom. The zero-order valence-corrected chi connectivity index (χ0v) is 14.5. The van der Waals surface area contributed by atoms with Gasteiger partial charge in [0.1, 0.15) is 11.8 Å². The topological polar surface area (TPSA) is 44.0 Å². The zero-order valence-electron chi connectivity index (χ0n) is 13.7. The number of phenols is 1. The van der Waals surface area contributed by atoms with Gasteiger partial charge >= 0.3 is 0 Å². The van der Waals surface area contributed by atoms with Gasteiger partial charge in [0.2, 0.25) is 0 Å². The number of rotatable bonds is 1. The third kappa shape index (κ3) is 2.03. The van der Waals surface area contributed by atoms with E-state index in [9.17, 15) is 10.4 Å². The van der Waals surface area contributed by atoms with Crippen molar-refractivity contribution in [2.75, 3.05) is 0 Å². The van der Waals surface area contributed by atoms with Crippen molar-refractivity contribution in [3.63, 3.8) is 0 Å². The number of phenolic OH excluding ortho intramolecular Hbond substituents is 1. The predicted octanol–water partition coefficient (Wildman–Crippen LogP) is 6.45. The Balaban J connectivity index is 2.10. The number of benzene rings is 4. The highest BCUT2D eigenvalue weighted by atomic mass is 32.1. The molecule has 5 aromatic rings. The molecule has 1 N–H and O–H groups in total. The first-order valence-corrected chi connectivity index (χ1v) is 9.15. The molecular weight excluding hydrogens is 338 g/mol. The molecule has 0 fully saturated rings. The van der Waals surface area contributed by atoms with Crippen molar-refractivity contribution in [1.29, 1.82) is 5.26 Å². The largest absolute Gasteiger partial charge is 0.508 e. The first kappa shape index (κ1) is 14.9. The van der Waals surface area contributed by atoms with Crippen LogP contribution in [0.1, 0.15) is 5.56 Å². The minimum Gasteiger partial charge on any atom is -0.508 e. The van der Waals surface area contributed by atoms with Crippen LogP contribution in [0.3, 0.4) is 0 Å². The number of fused-ring (bicyclic) bond motifs is 4. The maximum absolute atomic E-state index is 9.88. The maximum atomic E-state index is 9.88. The molecule has 1 heterocycles. The SMILES string of the molecule is N#Cc1c2ccccc2c(-c2ccc(O)cc2)c2c1sc1ccccc12. The molecule has 26 heavy (non-hydrogen) atoms. The molecule has 4 aromatic carbocycles. The van der Waals surface area contributed by atoms with Crippen molar-refractivity contribution in [2.24, 2.45) is 0 Å². The van der Waals surface area contributed by atoms with E-state index < -0.39 is 0 Å². The molecule has 1 aromatic heterocycles. The standard InChI is InChI=1S/C23H13NOS/c24-13-19-16-5-1-2-6-17(16)21(14-9-11-15(25)12-10-14)22-18-7-3-4-8-20(18)26-23(19)22/h1-12,25H. The first-order chi connectivity index (χ1) is 12.8. The second-order valence-electron chi connectivity index (χ2n) is 6.26. The van der Waals surface area contributed by atoms with Gasteiger partial charge < -0.3 is 5.11 Å². The molecular formula is C23H13NOS. The minimum absolute atomic E-state index is 0.248. The van der Waals surface area contributed by atoms with Gasteiger partial charge in [-0.1, -0.05) is 54.6 Å². The van der Waals surface area contributed by atoms with E-state index >= 15 is 0 Å². The lowest BCUT2D eigenvalue weighted by molar-refractivity contribution is 0.475. The monoisotopic (exact) mass is 351 g/mol. The second kappa shape index (κ2) is 5.59. The van der Waals surface area contributed by atoms with E-state index in [2.05, 4.69) is 24.3 Å². The van der Waals surface area contributed by atoms with E-state index in [0.29, 0.717) is 0 Å². The van der Waals surface area contributed by atoms with Crippen molar-refractivity contribution in [1.82, 2.24) is 0 Å². The summed E-state index contributed by atoms with van der Waals surface area (Å²) in [7, 11) is 0. The molecule has 0 aliphatic heterocycles. The average Bonchev–Trinajstić information content (AvgIpc) is 3.06. The van der Waals surface area contributed by atoms with Gasteiger partial charge in [0.15, 0.2) is 0 Å². The normalized spacial score (nSPS) is 11.2. The van der Waals surface area contributed by atoms with Gasteiger partial charge in [0, 0.05) is 20.9 Å². The van der Waals surface area contributed by atoms with Crippen LogP contribution in [0.2, 0.25) is 0 Å². The van der Waals surface area contributed by atoms with E-state index in [1.54, 1.807) is 23.5 Å². The number of hydrogen-bond donors (Lipinski definition) is 1. The number of aromatic hydroxyl groups is 1. The summed E-state index contributed by atoms with van der Waals surface area (Å²) in [6, 6.07) is 26.1. The Morgan fingerprint density at radius 1 is 0.769 bits per heavy atom. The molecule has 0 radical (unpaired) electrons. The molecule has 0 saturated heterocycles. The zero-order chi connectivity index (χ0) is 17.7. The molecule has 0 bridgehead atoms. The minimum atomic E-state index is 0.248. The predicted molar refractivity (Wildman–Crippen MR) is 109 cm³/mol. The third-order valence-electron chi connectivity index (χ3n) is 4.81. The Labute approximate surface area is 154 Å². The van der Waals surface area contributed by atoms with Crippen molar-refractivity contribution < 1.29 is 5.11 Å². The van der Waals surface area contributed by atoms with Gasteiger partial charge in [-0.3, -0.25) is 0 Å². The van der Waals surface area contributed by atoms with Crippen LogP contribution < -0.4 is 0 Å². The van der Waals surface area contributed by atoms with Crippen LogP contribution in [0.5, 0.6) is 5.75 Å². The lowest BCUT2D eigenvalue weighted by Crippen LogP contribution is -1.87. The summed E-state index contributed by atoms with van der Waals surface area (Å²) in [6.45, 7) is 0. The van der Waals surface area contributed by atoms with E-state index in [-0.39, 0.29) is 5.75 Å². The van der Waals surface area contributed by atoms with E-state index in [4.69, 9.17) is 0 Å². The summed E-state index contributed by atoms with van der Waals surface area (Å²) in [5.41, 5.74) is 2.89. The fourth-order valence-corrected chi connectivity index (χ4v) is 4.90. The van der Waals surface area contributed by atoms with Crippen molar-refractivity contribution in [3.05, 3.63) is 78.4 Å². The molecule has 0 unspecified atom stereocenters. The fourth-order valence-electron chi connectivity index (χ4n) is 3.68. The van der Waals surface area contributed by atoms with Crippen LogP contribution in [-0.2, 0) is 0 Å². The summed E-state index contributed by atoms with van der Waals surface area (Å²) in [5.74, 6) is 0.248. The van der Waals surface area contributed by atoms with Crippen LogP contribution in [-0.4, -0.2) is 5.11 Å². The first-order valence-electron chi connectivity index (χ1n) is 8.33. The molecule has 5 rings (SSSR count). The second-order valence-corrected chi connectivity index (χ2v) is 7.31. The average molecular weight is 351 g/mol. The van der Waals surface area contributed by atoms with E-state index in [0.717, 1.165) is 42.9 Å². The molecule has 0 spiro atoms. The highest BCUT2D eigenvalue weighted by Crippen LogP contribution is 2.46. The highest BCUT2D eigenvalue weighted by molar-refractivity contribution is 7.26. The quantitative estimate of drug-likeness (QED) is 0.377. The van der Waals surface area contributed by atoms with Crippen LogP contribution in [0, 0.1) is 11.3 Å². The van der Waals surface area contributed by atoms with Gasteiger partial charge in [0.05, 0.1) is 10.3 Å². The van der Waals surface area contributed by atoms with Gasteiger partial charge in [-0.25, -0.2) is 0 Å². The summed E-state index contributed by atoms with van der Waals surface area (Å²) in [5, 5.41) is 23.9. The van der Waals surface area contributed by atoms with Gasteiger partial charge in [-0.05, 0) is 34.7 Å². The van der Waals surface area contributed by atoms with E-state index in [1.165, 1.54) is 4.70 Å². The molecule has 122 valence electrons. The van der Waals surface area contributed by atoms with Gasteiger partial charge in [-0.15, -0.1) is 11.3 Å². The van der Waals surface area contributed by atoms with Crippen LogP contribution >= 0.6 is 11.3 Å². The van der Waals surface area contributed by atoms with Gasteiger partial charge in [0.25, 0.3) is 0 Å².